The van der Waals surface area contributed by atoms with Gasteiger partial charge in [-0.25, -0.2) is 13.4 Å². The van der Waals surface area contributed by atoms with Crippen LogP contribution in [0.15, 0.2) is 41.3 Å². The number of thioether (sulfide) groups is 1. The van der Waals surface area contributed by atoms with E-state index in [1.165, 1.54) is 11.3 Å². The van der Waals surface area contributed by atoms with E-state index >= 15 is 0 Å². The highest BCUT2D eigenvalue weighted by molar-refractivity contribution is 7.98. The van der Waals surface area contributed by atoms with E-state index in [4.69, 9.17) is 4.74 Å². The number of nitrogens with zero attached hydrogens (tertiary/aromatic N) is 1. The highest BCUT2D eigenvalue weighted by Gasteiger charge is 2.27. The van der Waals surface area contributed by atoms with Gasteiger partial charge in [0.05, 0.1) is 22.2 Å². The molecular weight excluding hydrogens is 454 g/mol. The van der Waals surface area contributed by atoms with E-state index in [9.17, 15) is 13.2 Å². The maximum absolute atomic E-state index is 13.0. The second kappa shape index (κ2) is 9.99. The summed E-state index contributed by atoms with van der Waals surface area (Å²) in [5, 5.41) is 3.18. The Bertz CT molecular complexity index is 1190. The number of sulfonamides is 1. The van der Waals surface area contributed by atoms with E-state index in [-0.39, 0.29) is 4.90 Å². The molecule has 0 spiro atoms. The van der Waals surface area contributed by atoms with Crippen molar-refractivity contribution in [3.63, 3.8) is 0 Å². The Morgan fingerprint density at radius 3 is 2.71 bits per heavy atom. The number of carbonyl (C=O) groups is 1. The third-order valence-corrected chi connectivity index (χ3v) is 7.87. The van der Waals surface area contributed by atoms with Crippen LogP contribution in [-0.2, 0) is 14.8 Å². The number of hydrogen-bond acceptors (Lipinski definition) is 7. The molecule has 1 atom stereocenters. The minimum absolute atomic E-state index is 0.182. The number of anilines is 1. The number of amides is 1. The molecule has 3 rings (SSSR count). The molecule has 166 valence electrons. The summed E-state index contributed by atoms with van der Waals surface area (Å²) in [6.07, 6.45) is 2.27. The highest BCUT2D eigenvalue weighted by Crippen LogP contribution is 2.29. The van der Waals surface area contributed by atoms with E-state index in [0.717, 1.165) is 15.8 Å². The molecule has 1 heterocycles. The van der Waals surface area contributed by atoms with Crippen molar-refractivity contribution in [1.29, 1.82) is 0 Å². The van der Waals surface area contributed by atoms with Crippen LogP contribution in [0, 0.1) is 13.8 Å². The summed E-state index contributed by atoms with van der Waals surface area (Å²) in [6, 6.07) is 9.77. The molecule has 0 aliphatic heterocycles. The molecule has 10 heteroatoms. The molecule has 3 aromatic rings. The molecule has 1 amide bonds. The number of thiazole rings is 1. The maximum atomic E-state index is 13.0. The molecule has 0 radical (unpaired) electrons. The largest absolute Gasteiger partial charge is 0.497 e. The Hall–Kier alpha value is -2.14. The quantitative estimate of drug-likeness (QED) is 0.482. The monoisotopic (exact) mass is 479 g/mol. The maximum Gasteiger partial charge on any atom is 0.244 e. The first-order valence-corrected chi connectivity index (χ1v) is 13.3. The van der Waals surface area contributed by atoms with E-state index in [1.54, 1.807) is 44.0 Å². The second-order valence-electron chi connectivity index (χ2n) is 7.07. The molecule has 7 nitrogen and oxygen atoms in total. The van der Waals surface area contributed by atoms with Gasteiger partial charge in [-0.05, 0) is 67.7 Å². The number of rotatable bonds is 9. The summed E-state index contributed by atoms with van der Waals surface area (Å²) < 4.78 is 34.7. The second-order valence-corrected chi connectivity index (χ2v) is 10.8. The van der Waals surface area contributed by atoms with Crippen LogP contribution in [-0.4, -0.2) is 44.5 Å². The first-order chi connectivity index (χ1) is 14.7. The minimum atomic E-state index is -3.87. The predicted octanol–water partition coefficient (Wildman–Crippen LogP) is 3.96. The number of methoxy groups -OCH3 is 1. The molecule has 0 bridgehead atoms. The van der Waals surface area contributed by atoms with Crippen molar-refractivity contribution in [2.45, 2.75) is 31.2 Å². The Labute approximate surface area is 190 Å². The molecule has 0 saturated carbocycles. The van der Waals surface area contributed by atoms with E-state index in [1.807, 2.05) is 31.4 Å². The molecule has 2 N–H and O–H groups in total. The minimum Gasteiger partial charge on any atom is -0.497 e. The zero-order valence-electron chi connectivity index (χ0n) is 17.8. The average Bonchev–Trinajstić information content (AvgIpc) is 3.13. The van der Waals surface area contributed by atoms with Crippen LogP contribution in [0.4, 0.5) is 5.13 Å². The average molecular weight is 480 g/mol. The Kier molecular flexibility index (Phi) is 7.58. The molecule has 0 aliphatic carbocycles. The van der Waals surface area contributed by atoms with Crippen LogP contribution < -0.4 is 14.8 Å². The number of hydrogen-bond donors (Lipinski definition) is 2. The lowest BCUT2D eigenvalue weighted by Gasteiger charge is -2.18. The summed E-state index contributed by atoms with van der Waals surface area (Å²) in [4.78, 5) is 17.6. The van der Waals surface area contributed by atoms with Gasteiger partial charge in [-0.1, -0.05) is 23.5 Å². The molecule has 0 fully saturated rings. The third kappa shape index (κ3) is 5.76. The van der Waals surface area contributed by atoms with Crippen molar-refractivity contribution in [2.75, 3.05) is 24.4 Å². The van der Waals surface area contributed by atoms with Crippen molar-refractivity contribution in [3.8, 4) is 5.75 Å². The molecule has 1 unspecified atom stereocenters. The van der Waals surface area contributed by atoms with Gasteiger partial charge in [0.15, 0.2) is 5.13 Å². The lowest BCUT2D eigenvalue weighted by atomic mass is 10.2. The normalized spacial score (nSPS) is 12.6. The molecule has 31 heavy (non-hydrogen) atoms. The van der Waals surface area contributed by atoms with Gasteiger partial charge in [0.1, 0.15) is 11.8 Å². The Balaban J connectivity index is 1.82. The molecular formula is C21H25N3O4S3. The van der Waals surface area contributed by atoms with Gasteiger partial charge >= 0.3 is 0 Å². The number of nitrogens with one attached hydrogen (secondary N) is 2. The van der Waals surface area contributed by atoms with Gasteiger partial charge < -0.3 is 10.1 Å². The predicted molar refractivity (Wildman–Crippen MR) is 128 cm³/mol. The molecule has 2 aromatic carbocycles. The summed E-state index contributed by atoms with van der Waals surface area (Å²) in [5.41, 5.74) is 2.20. The van der Waals surface area contributed by atoms with Gasteiger partial charge in [0.25, 0.3) is 0 Å². The fourth-order valence-electron chi connectivity index (χ4n) is 3.00. The van der Waals surface area contributed by atoms with Crippen molar-refractivity contribution in [3.05, 3.63) is 47.5 Å². The van der Waals surface area contributed by atoms with Gasteiger partial charge in [0.2, 0.25) is 15.9 Å². The summed E-state index contributed by atoms with van der Waals surface area (Å²) in [5.74, 6) is 0.895. The Morgan fingerprint density at radius 2 is 2.00 bits per heavy atom. The summed E-state index contributed by atoms with van der Waals surface area (Å²) in [6.45, 7) is 3.57. The van der Waals surface area contributed by atoms with Crippen LogP contribution >= 0.6 is 23.1 Å². The fourth-order valence-corrected chi connectivity index (χ4v) is 5.93. The SMILES string of the molecule is COc1ccc2nc(NC(=O)C(CCSC)NS(=O)(=O)c3cc(C)ccc3C)sc2c1. The number of aromatic nitrogens is 1. The summed E-state index contributed by atoms with van der Waals surface area (Å²) >= 11 is 2.86. The summed E-state index contributed by atoms with van der Waals surface area (Å²) in [7, 11) is -2.28. The molecule has 0 saturated heterocycles. The Morgan fingerprint density at radius 1 is 1.23 bits per heavy atom. The van der Waals surface area contributed by atoms with Gasteiger partial charge in [0, 0.05) is 0 Å². The van der Waals surface area contributed by atoms with E-state index in [0.29, 0.717) is 28.6 Å². The van der Waals surface area contributed by atoms with Crippen molar-refractivity contribution >= 4 is 54.4 Å². The zero-order chi connectivity index (χ0) is 22.6. The zero-order valence-corrected chi connectivity index (χ0v) is 20.2. The van der Waals surface area contributed by atoms with Crippen LogP contribution in [0.2, 0.25) is 0 Å². The first-order valence-electron chi connectivity index (χ1n) is 9.57. The van der Waals surface area contributed by atoms with Crippen molar-refractivity contribution in [1.82, 2.24) is 9.71 Å². The topological polar surface area (TPSA) is 97.4 Å². The fraction of sp³-hybridized carbons (Fsp3) is 0.333. The van der Waals surface area contributed by atoms with Crippen LogP contribution in [0.3, 0.4) is 0 Å². The lowest BCUT2D eigenvalue weighted by Crippen LogP contribution is -2.44. The number of ether oxygens (including phenoxy) is 1. The number of fused-ring (bicyclic) bond motifs is 1. The lowest BCUT2D eigenvalue weighted by molar-refractivity contribution is -0.117. The van der Waals surface area contributed by atoms with Crippen molar-refractivity contribution < 1.29 is 17.9 Å². The number of benzene rings is 2. The van der Waals surface area contributed by atoms with Gasteiger partial charge in [-0.2, -0.15) is 16.5 Å². The smallest absolute Gasteiger partial charge is 0.244 e. The van der Waals surface area contributed by atoms with Crippen LogP contribution in [0.1, 0.15) is 17.5 Å². The first kappa shape index (κ1) is 23.5. The molecule has 1 aromatic heterocycles. The van der Waals surface area contributed by atoms with Crippen molar-refractivity contribution in [2.24, 2.45) is 0 Å². The number of aryl methyl sites for hydroxylation is 2. The highest BCUT2D eigenvalue weighted by atomic mass is 32.2. The number of carbonyl (C=O) groups excluding carboxylic acids is 1. The van der Waals surface area contributed by atoms with Gasteiger partial charge in [-0.3, -0.25) is 4.79 Å². The van der Waals surface area contributed by atoms with E-state index < -0.39 is 22.0 Å². The van der Waals surface area contributed by atoms with E-state index in [2.05, 4.69) is 15.0 Å². The molecule has 0 aliphatic rings. The third-order valence-electron chi connectivity index (χ3n) is 4.68. The van der Waals surface area contributed by atoms with Gasteiger partial charge in [-0.15, -0.1) is 0 Å². The standard InChI is InChI=1S/C21H25N3O4S3/c1-13-5-6-14(2)19(11-13)31(26,27)24-17(9-10-29-4)20(25)23-21-22-16-8-7-15(28-3)12-18(16)30-21/h5-8,11-12,17,24H,9-10H2,1-4H3,(H,22,23,25). The van der Waals surface area contributed by atoms with Crippen LogP contribution in [0.25, 0.3) is 10.2 Å². The van der Waals surface area contributed by atoms with Crippen LogP contribution in [0.5, 0.6) is 5.75 Å².